The van der Waals surface area contributed by atoms with Crippen molar-refractivity contribution in [3.05, 3.63) is 29.8 Å². The molecule has 1 aliphatic heterocycles. The fraction of sp³-hybridized carbons (Fsp3) is 0.467. The molecule has 0 aromatic heterocycles. The minimum absolute atomic E-state index is 0.0950. The number of benzene rings is 1. The standard InChI is InChI=1S/C15H19NO3/c1-16-8-10-18-14(11-16)12-19-15-7-3-2-5-13(15)6-4-9-17/h2-3,5,7,14,17H,8-12H2,1H3. The molecule has 1 aromatic carbocycles. The Hall–Kier alpha value is -1.54. The van der Waals surface area contributed by atoms with Crippen molar-refractivity contribution in [2.24, 2.45) is 0 Å². The van der Waals surface area contributed by atoms with Crippen LogP contribution >= 0.6 is 0 Å². The van der Waals surface area contributed by atoms with Crippen LogP contribution in [0.25, 0.3) is 0 Å². The van der Waals surface area contributed by atoms with E-state index in [1.807, 2.05) is 24.3 Å². The number of para-hydroxylation sites is 1. The summed E-state index contributed by atoms with van der Waals surface area (Å²) in [4.78, 5) is 2.23. The van der Waals surface area contributed by atoms with Gasteiger partial charge in [-0.3, -0.25) is 0 Å². The molecular formula is C15H19NO3. The summed E-state index contributed by atoms with van der Waals surface area (Å²) in [5, 5.41) is 8.74. The van der Waals surface area contributed by atoms with Gasteiger partial charge in [-0.2, -0.15) is 0 Å². The molecule has 4 heteroatoms. The van der Waals surface area contributed by atoms with Gasteiger partial charge in [0.25, 0.3) is 0 Å². The van der Waals surface area contributed by atoms with Gasteiger partial charge in [-0.1, -0.05) is 24.0 Å². The molecule has 19 heavy (non-hydrogen) atoms. The number of hydrogen-bond acceptors (Lipinski definition) is 4. The Morgan fingerprint density at radius 3 is 3.11 bits per heavy atom. The van der Waals surface area contributed by atoms with E-state index < -0.39 is 0 Å². The molecule has 0 bridgehead atoms. The first-order valence-corrected chi connectivity index (χ1v) is 6.41. The Bertz CT molecular complexity index is 464. The van der Waals surface area contributed by atoms with Crippen LogP contribution in [-0.4, -0.2) is 56.1 Å². The lowest BCUT2D eigenvalue weighted by atomic mass is 10.2. The first-order chi connectivity index (χ1) is 9.29. The quantitative estimate of drug-likeness (QED) is 0.815. The predicted octanol–water partition coefficient (Wildman–Crippen LogP) is 0.740. The van der Waals surface area contributed by atoms with E-state index in [1.54, 1.807) is 0 Å². The minimum atomic E-state index is -0.148. The molecule has 4 nitrogen and oxygen atoms in total. The zero-order valence-corrected chi connectivity index (χ0v) is 11.1. The SMILES string of the molecule is CN1CCOC(COc2ccccc2C#CCO)C1. The average Bonchev–Trinajstić information content (AvgIpc) is 2.44. The van der Waals surface area contributed by atoms with Crippen LogP contribution in [0.15, 0.2) is 24.3 Å². The second kappa shape index (κ2) is 7.15. The molecule has 1 fully saturated rings. The Kier molecular flexibility index (Phi) is 5.22. The van der Waals surface area contributed by atoms with Crippen LogP contribution in [0, 0.1) is 11.8 Å². The molecule has 1 aliphatic rings. The van der Waals surface area contributed by atoms with E-state index in [0.29, 0.717) is 6.61 Å². The second-order valence-corrected chi connectivity index (χ2v) is 4.52. The normalized spacial score (nSPS) is 19.6. The van der Waals surface area contributed by atoms with Crippen molar-refractivity contribution in [2.75, 3.05) is 40.0 Å². The fourth-order valence-corrected chi connectivity index (χ4v) is 1.98. The van der Waals surface area contributed by atoms with Gasteiger partial charge in [-0.25, -0.2) is 0 Å². The monoisotopic (exact) mass is 261 g/mol. The van der Waals surface area contributed by atoms with E-state index in [0.717, 1.165) is 31.0 Å². The predicted molar refractivity (Wildman–Crippen MR) is 73.1 cm³/mol. The highest BCUT2D eigenvalue weighted by Gasteiger charge is 2.18. The maximum atomic E-state index is 8.74. The highest BCUT2D eigenvalue weighted by atomic mass is 16.5. The molecule has 1 heterocycles. The van der Waals surface area contributed by atoms with Crippen LogP contribution in [0.5, 0.6) is 5.75 Å². The van der Waals surface area contributed by atoms with E-state index in [4.69, 9.17) is 14.6 Å². The molecule has 0 aliphatic carbocycles. The van der Waals surface area contributed by atoms with Crippen LogP contribution in [0.3, 0.4) is 0 Å². The summed E-state index contributed by atoms with van der Waals surface area (Å²) in [6.45, 7) is 2.96. The van der Waals surface area contributed by atoms with Crippen LogP contribution in [0.4, 0.5) is 0 Å². The number of rotatable bonds is 3. The van der Waals surface area contributed by atoms with Crippen molar-refractivity contribution in [3.8, 4) is 17.6 Å². The van der Waals surface area contributed by atoms with Crippen LogP contribution in [-0.2, 0) is 4.74 Å². The first kappa shape index (κ1) is 13.9. The fourth-order valence-electron chi connectivity index (χ4n) is 1.98. The van der Waals surface area contributed by atoms with E-state index >= 15 is 0 Å². The minimum Gasteiger partial charge on any atom is -0.490 e. The van der Waals surface area contributed by atoms with Crippen molar-refractivity contribution in [2.45, 2.75) is 6.10 Å². The van der Waals surface area contributed by atoms with E-state index in [2.05, 4.69) is 23.8 Å². The highest BCUT2D eigenvalue weighted by molar-refractivity contribution is 5.45. The zero-order chi connectivity index (χ0) is 13.5. The van der Waals surface area contributed by atoms with Gasteiger partial charge in [0.15, 0.2) is 0 Å². The number of aliphatic hydroxyl groups is 1. The van der Waals surface area contributed by atoms with Gasteiger partial charge in [0, 0.05) is 13.1 Å². The molecule has 102 valence electrons. The number of ether oxygens (including phenoxy) is 2. The van der Waals surface area contributed by atoms with E-state index in [1.165, 1.54) is 0 Å². The van der Waals surface area contributed by atoms with Crippen LogP contribution in [0.2, 0.25) is 0 Å². The number of morpholine rings is 1. The van der Waals surface area contributed by atoms with Gasteiger partial charge in [0.05, 0.1) is 12.2 Å². The maximum absolute atomic E-state index is 8.74. The summed E-state index contributed by atoms with van der Waals surface area (Å²) in [5.41, 5.74) is 0.792. The Morgan fingerprint density at radius 2 is 2.32 bits per heavy atom. The number of nitrogens with zero attached hydrogens (tertiary/aromatic N) is 1. The average molecular weight is 261 g/mol. The molecule has 1 N–H and O–H groups in total. The lowest BCUT2D eigenvalue weighted by Crippen LogP contribution is -2.42. The Morgan fingerprint density at radius 1 is 1.47 bits per heavy atom. The molecule has 1 atom stereocenters. The van der Waals surface area contributed by atoms with Crippen molar-refractivity contribution < 1.29 is 14.6 Å². The van der Waals surface area contributed by atoms with Gasteiger partial charge >= 0.3 is 0 Å². The topological polar surface area (TPSA) is 41.9 Å². The Balaban J connectivity index is 1.95. The lowest BCUT2D eigenvalue weighted by molar-refractivity contribution is -0.0403. The molecule has 1 saturated heterocycles. The maximum Gasteiger partial charge on any atom is 0.135 e. The summed E-state index contributed by atoms with van der Waals surface area (Å²) in [5.74, 6) is 6.26. The van der Waals surface area contributed by atoms with Crippen molar-refractivity contribution >= 4 is 0 Å². The summed E-state index contributed by atoms with van der Waals surface area (Å²) in [6.07, 6.45) is 0.0950. The molecule has 1 aromatic rings. The first-order valence-electron chi connectivity index (χ1n) is 6.41. The number of likely N-dealkylation sites (N-methyl/N-ethyl adjacent to an activating group) is 1. The third-order valence-corrected chi connectivity index (χ3v) is 2.96. The van der Waals surface area contributed by atoms with Crippen molar-refractivity contribution in [1.29, 1.82) is 0 Å². The van der Waals surface area contributed by atoms with Gasteiger partial charge in [0.2, 0.25) is 0 Å². The summed E-state index contributed by atoms with van der Waals surface area (Å²) >= 11 is 0. The van der Waals surface area contributed by atoms with Crippen molar-refractivity contribution in [1.82, 2.24) is 4.90 Å². The van der Waals surface area contributed by atoms with Crippen molar-refractivity contribution in [3.63, 3.8) is 0 Å². The van der Waals surface area contributed by atoms with Gasteiger partial charge in [0.1, 0.15) is 25.1 Å². The third-order valence-electron chi connectivity index (χ3n) is 2.96. The molecule has 0 amide bonds. The molecule has 0 saturated carbocycles. The molecular weight excluding hydrogens is 242 g/mol. The molecule has 0 radical (unpaired) electrons. The molecule has 0 spiro atoms. The Labute approximate surface area is 113 Å². The van der Waals surface area contributed by atoms with Crippen LogP contribution in [0.1, 0.15) is 5.56 Å². The summed E-state index contributed by atoms with van der Waals surface area (Å²) in [6, 6.07) is 7.58. The van der Waals surface area contributed by atoms with Gasteiger partial charge in [-0.15, -0.1) is 0 Å². The largest absolute Gasteiger partial charge is 0.490 e. The lowest BCUT2D eigenvalue weighted by Gasteiger charge is -2.29. The molecule has 1 unspecified atom stereocenters. The van der Waals surface area contributed by atoms with E-state index in [-0.39, 0.29) is 12.7 Å². The van der Waals surface area contributed by atoms with Gasteiger partial charge in [-0.05, 0) is 19.2 Å². The second-order valence-electron chi connectivity index (χ2n) is 4.52. The van der Waals surface area contributed by atoms with Crippen LogP contribution < -0.4 is 4.74 Å². The molecule has 2 rings (SSSR count). The zero-order valence-electron chi connectivity index (χ0n) is 11.1. The highest BCUT2D eigenvalue weighted by Crippen LogP contribution is 2.17. The summed E-state index contributed by atoms with van der Waals surface area (Å²) < 4.78 is 11.4. The number of hydrogen-bond donors (Lipinski definition) is 1. The smallest absolute Gasteiger partial charge is 0.135 e. The third kappa shape index (κ3) is 4.25. The van der Waals surface area contributed by atoms with E-state index in [9.17, 15) is 0 Å². The number of aliphatic hydroxyl groups excluding tert-OH is 1. The van der Waals surface area contributed by atoms with Gasteiger partial charge < -0.3 is 19.5 Å². The summed E-state index contributed by atoms with van der Waals surface area (Å²) in [7, 11) is 2.08.